The van der Waals surface area contributed by atoms with Crippen molar-refractivity contribution in [2.24, 2.45) is 0 Å². The monoisotopic (exact) mass is 340 g/mol. The molecule has 1 amide bonds. The van der Waals surface area contributed by atoms with Gasteiger partial charge >= 0.3 is 6.09 Å². The van der Waals surface area contributed by atoms with Gasteiger partial charge in [-0.1, -0.05) is 0 Å². The molecule has 0 saturated carbocycles. The molecule has 1 saturated heterocycles. The van der Waals surface area contributed by atoms with Gasteiger partial charge < -0.3 is 15.0 Å². The summed E-state index contributed by atoms with van der Waals surface area (Å²) in [7, 11) is 0. The number of aromatic nitrogens is 2. The van der Waals surface area contributed by atoms with Gasteiger partial charge in [0.1, 0.15) is 11.4 Å². The molecule has 1 atom stereocenters. The number of rotatable bonds is 3. The van der Waals surface area contributed by atoms with Gasteiger partial charge in [-0.05, 0) is 58.6 Å². The van der Waals surface area contributed by atoms with Crippen LogP contribution in [0, 0.1) is 6.92 Å². The molecule has 1 aromatic rings. The van der Waals surface area contributed by atoms with Crippen molar-refractivity contribution in [3.05, 3.63) is 17.0 Å². The highest BCUT2D eigenvalue weighted by molar-refractivity contribution is 6.28. The summed E-state index contributed by atoms with van der Waals surface area (Å²) in [5.74, 6) is 0.818. The van der Waals surface area contributed by atoms with Crippen molar-refractivity contribution in [2.75, 3.05) is 18.0 Å². The predicted octanol–water partition coefficient (Wildman–Crippen LogP) is 3.32. The number of nitrogens with zero attached hydrogens (tertiary/aromatic N) is 3. The minimum Gasteiger partial charge on any atom is -0.444 e. The van der Waals surface area contributed by atoms with Gasteiger partial charge in [0.2, 0.25) is 5.28 Å². The molecular formula is C16H25ClN4O2. The number of carbonyl (C=O) groups is 1. The highest BCUT2D eigenvalue weighted by Gasteiger charge is 2.25. The molecule has 1 aliphatic rings. The summed E-state index contributed by atoms with van der Waals surface area (Å²) in [5, 5.41) is 3.11. The Labute approximate surface area is 142 Å². The maximum atomic E-state index is 11.9. The Kier molecular flexibility index (Phi) is 5.68. The molecule has 0 aromatic carbocycles. The fourth-order valence-electron chi connectivity index (χ4n) is 2.69. The smallest absolute Gasteiger partial charge is 0.407 e. The van der Waals surface area contributed by atoms with Gasteiger partial charge in [0, 0.05) is 30.9 Å². The van der Waals surface area contributed by atoms with Gasteiger partial charge in [-0.15, -0.1) is 0 Å². The van der Waals surface area contributed by atoms with Gasteiger partial charge in [0.05, 0.1) is 0 Å². The lowest BCUT2D eigenvalue weighted by atomic mass is 10.0. The van der Waals surface area contributed by atoms with E-state index in [0.717, 1.165) is 37.3 Å². The number of hydrogen-bond acceptors (Lipinski definition) is 5. The lowest BCUT2D eigenvalue weighted by Crippen LogP contribution is -2.48. The zero-order chi connectivity index (χ0) is 17.0. The molecule has 0 spiro atoms. The second-order valence-corrected chi connectivity index (χ2v) is 7.20. The van der Waals surface area contributed by atoms with Gasteiger partial charge in [-0.3, -0.25) is 0 Å². The number of nitrogens with one attached hydrogen (secondary N) is 1. The van der Waals surface area contributed by atoms with E-state index in [1.807, 2.05) is 33.8 Å². The molecule has 0 bridgehead atoms. The summed E-state index contributed by atoms with van der Waals surface area (Å²) in [4.78, 5) is 22.5. The van der Waals surface area contributed by atoms with Gasteiger partial charge in [0.25, 0.3) is 0 Å². The van der Waals surface area contributed by atoms with Crippen LogP contribution in [0.2, 0.25) is 5.28 Å². The fourth-order valence-corrected chi connectivity index (χ4v) is 2.91. The van der Waals surface area contributed by atoms with Crippen molar-refractivity contribution in [2.45, 2.75) is 58.6 Å². The van der Waals surface area contributed by atoms with Crippen LogP contribution < -0.4 is 10.2 Å². The third-order valence-electron chi connectivity index (χ3n) is 3.62. The minimum atomic E-state index is -0.492. The lowest BCUT2D eigenvalue weighted by molar-refractivity contribution is 0.0523. The number of halogens is 1. The second-order valence-electron chi connectivity index (χ2n) is 6.86. The van der Waals surface area contributed by atoms with E-state index in [4.69, 9.17) is 16.3 Å². The topological polar surface area (TPSA) is 67.4 Å². The van der Waals surface area contributed by atoms with E-state index >= 15 is 0 Å². The molecule has 1 N–H and O–H groups in total. The van der Waals surface area contributed by atoms with Crippen LogP contribution in [0.25, 0.3) is 0 Å². The maximum Gasteiger partial charge on any atom is 0.407 e. The van der Waals surface area contributed by atoms with E-state index in [-0.39, 0.29) is 17.4 Å². The minimum absolute atomic E-state index is 0.182. The molecule has 0 radical (unpaired) electrons. The van der Waals surface area contributed by atoms with E-state index in [0.29, 0.717) is 6.54 Å². The summed E-state index contributed by atoms with van der Waals surface area (Å²) in [6.07, 6.45) is 2.84. The van der Waals surface area contributed by atoms with Crippen molar-refractivity contribution in [3.63, 3.8) is 0 Å². The molecule has 128 valence electrons. The molecule has 1 aliphatic heterocycles. The van der Waals surface area contributed by atoms with Crippen LogP contribution in [-0.4, -0.2) is 40.8 Å². The zero-order valence-electron chi connectivity index (χ0n) is 14.2. The molecule has 2 heterocycles. The molecule has 0 aliphatic carbocycles. The summed E-state index contributed by atoms with van der Waals surface area (Å²) < 4.78 is 5.29. The normalized spacial score (nSPS) is 18.7. The lowest BCUT2D eigenvalue weighted by Gasteiger charge is -2.37. The molecule has 7 heteroatoms. The summed E-state index contributed by atoms with van der Waals surface area (Å²) in [6, 6.07) is 2.11. The highest BCUT2D eigenvalue weighted by Crippen LogP contribution is 2.24. The Balaban J connectivity index is 2.02. The Bertz CT molecular complexity index is 539. The molecule has 1 fully saturated rings. The van der Waals surface area contributed by atoms with Crippen LogP contribution in [-0.2, 0) is 4.74 Å². The summed E-state index contributed by atoms with van der Waals surface area (Å²) >= 11 is 5.98. The van der Waals surface area contributed by atoms with E-state index in [1.165, 1.54) is 0 Å². The first-order chi connectivity index (χ1) is 10.7. The fraction of sp³-hybridized carbons (Fsp3) is 0.688. The van der Waals surface area contributed by atoms with Crippen LogP contribution in [0.3, 0.4) is 0 Å². The summed E-state index contributed by atoms with van der Waals surface area (Å²) in [5.41, 5.74) is 0.345. The molecular weight excluding hydrogens is 316 g/mol. The van der Waals surface area contributed by atoms with E-state index < -0.39 is 5.60 Å². The first-order valence-corrected chi connectivity index (χ1v) is 8.37. The van der Waals surface area contributed by atoms with Gasteiger partial charge in [0.15, 0.2) is 0 Å². The number of hydrogen-bond donors (Lipinski definition) is 1. The molecule has 2 rings (SSSR count). The third kappa shape index (κ3) is 5.53. The Morgan fingerprint density at radius 1 is 1.43 bits per heavy atom. The number of alkyl carbamates (subject to hydrolysis) is 1. The summed E-state index contributed by atoms with van der Waals surface area (Å²) in [6.45, 7) is 8.87. The largest absolute Gasteiger partial charge is 0.444 e. The number of ether oxygens (including phenoxy) is 1. The van der Waals surface area contributed by atoms with Crippen LogP contribution in [0.4, 0.5) is 10.6 Å². The zero-order valence-corrected chi connectivity index (χ0v) is 15.0. The number of carbonyl (C=O) groups excluding carboxylic acids is 1. The number of anilines is 1. The molecule has 23 heavy (non-hydrogen) atoms. The van der Waals surface area contributed by atoms with Crippen LogP contribution in [0.5, 0.6) is 0 Å². The average molecular weight is 341 g/mol. The van der Waals surface area contributed by atoms with Crippen LogP contribution in [0.1, 0.15) is 45.7 Å². The van der Waals surface area contributed by atoms with Crippen molar-refractivity contribution in [1.29, 1.82) is 0 Å². The Morgan fingerprint density at radius 2 is 2.17 bits per heavy atom. The Morgan fingerprint density at radius 3 is 2.83 bits per heavy atom. The van der Waals surface area contributed by atoms with Crippen molar-refractivity contribution < 1.29 is 9.53 Å². The average Bonchev–Trinajstić information content (AvgIpc) is 2.42. The Hall–Kier alpha value is -1.56. The number of amides is 1. The van der Waals surface area contributed by atoms with Crippen molar-refractivity contribution in [1.82, 2.24) is 15.3 Å². The molecule has 1 aromatic heterocycles. The first-order valence-electron chi connectivity index (χ1n) is 7.99. The van der Waals surface area contributed by atoms with E-state index in [9.17, 15) is 4.79 Å². The number of piperidine rings is 1. The SMILES string of the molecule is Cc1cc(N2CCCCC2CNC(=O)OC(C)(C)C)nc(Cl)n1. The van der Waals surface area contributed by atoms with Crippen molar-refractivity contribution >= 4 is 23.5 Å². The second kappa shape index (κ2) is 7.34. The van der Waals surface area contributed by atoms with Crippen molar-refractivity contribution in [3.8, 4) is 0 Å². The maximum absolute atomic E-state index is 11.9. The quantitative estimate of drug-likeness (QED) is 0.855. The van der Waals surface area contributed by atoms with E-state index in [1.54, 1.807) is 0 Å². The highest BCUT2D eigenvalue weighted by atomic mass is 35.5. The molecule has 1 unspecified atom stereocenters. The van der Waals surface area contributed by atoms with Gasteiger partial charge in [-0.25, -0.2) is 14.8 Å². The standard InChI is InChI=1S/C16H25ClN4O2/c1-11-9-13(20-14(17)19-11)21-8-6-5-7-12(21)10-18-15(22)23-16(2,3)4/h9,12H,5-8,10H2,1-4H3,(H,18,22). The number of aryl methyl sites for hydroxylation is 1. The molecule has 6 nitrogen and oxygen atoms in total. The van der Waals surface area contributed by atoms with Crippen LogP contribution in [0.15, 0.2) is 6.07 Å². The van der Waals surface area contributed by atoms with E-state index in [2.05, 4.69) is 20.2 Å². The first kappa shape index (κ1) is 17.8. The third-order valence-corrected chi connectivity index (χ3v) is 3.78. The predicted molar refractivity (Wildman–Crippen MR) is 91.0 cm³/mol. The van der Waals surface area contributed by atoms with Gasteiger partial charge in [-0.2, -0.15) is 0 Å². The van der Waals surface area contributed by atoms with Crippen LogP contribution >= 0.6 is 11.6 Å².